The zero-order valence-corrected chi connectivity index (χ0v) is 14.9. The third-order valence-corrected chi connectivity index (χ3v) is 5.89. The van der Waals surface area contributed by atoms with Gasteiger partial charge in [0, 0.05) is 12.5 Å². The van der Waals surface area contributed by atoms with Crippen LogP contribution in [0.5, 0.6) is 0 Å². The van der Waals surface area contributed by atoms with Gasteiger partial charge in [0.2, 0.25) is 5.91 Å². The zero-order valence-electron chi connectivity index (χ0n) is 14.9. The van der Waals surface area contributed by atoms with Gasteiger partial charge in [-0.15, -0.1) is 0 Å². The van der Waals surface area contributed by atoms with Crippen molar-refractivity contribution >= 4 is 17.8 Å². The molecule has 0 aromatic heterocycles. The molecule has 4 rings (SSSR count). The Morgan fingerprint density at radius 3 is 2.50 bits per heavy atom. The number of imide groups is 1. The first-order valence-corrected chi connectivity index (χ1v) is 9.61. The maximum absolute atomic E-state index is 13.1. The van der Waals surface area contributed by atoms with E-state index < -0.39 is 6.04 Å². The van der Waals surface area contributed by atoms with E-state index >= 15 is 0 Å². The van der Waals surface area contributed by atoms with Gasteiger partial charge in [0.15, 0.2) is 0 Å². The summed E-state index contributed by atoms with van der Waals surface area (Å²) in [4.78, 5) is 41.5. The van der Waals surface area contributed by atoms with Crippen LogP contribution < -0.4 is 5.32 Å². The number of urea groups is 1. The van der Waals surface area contributed by atoms with E-state index in [0.717, 1.165) is 31.2 Å². The number of benzene rings is 1. The molecule has 2 aliphatic heterocycles. The maximum Gasteiger partial charge on any atom is 0.324 e. The third kappa shape index (κ3) is 3.08. The minimum absolute atomic E-state index is 0.0375. The van der Waals surface area contributed by atoms with Crippen LogP contribution in [0.2, 0.25) is 0 Å². The number of nitrogens with one attached hydrogen (secondary N) is 1. The molecule has 1 saturated carbocycles. The molecule has 1 aromatic carbocycles. The number of rotatable bonds is 3. The van der Waals surface area contributed by atoms with Crippen LogP contribution >= 0.6 is 0 Å². The molecular weight excluding hydrogens is 330 g/mol. The minimum atomic E-state index is -0.550. The minimum Gasteiger partial charge on any atom is -0.332 e. The average molecular weight is 355 g/mol. The van der Waals surface area contributed by atoms with E-state index in [2.05, 4.69) is 5.32 Å². The molecule has 6 heteroatoms. The van der Waals surface area contributed by atoms with Crippen molar-refractivity contribution in [1.29, 1.82) is 0 Å². The van der Waals surface area contributed by atoms with Crippen molar-refractivity contribution < 1.29 is 14.4 Å². The highest BCUT2D eigenvalue weighted by atomic mass is 16.2. The Morgan fingerprint density at radius 2 is 1.77 bits per heavy atom. The summed E-state index contributed by atoms with van der Waals surface area (Å²) in [6.45, 7) is 0.788. The van der Waals surface area contributed by atoms with Crippen LogP contribution in [-0.2, 0) is 16.1 Å². The highest BCUT2D eigenvalue weighted by Crippen LogP contribution is 2.31. The Bertz CT molecular complexity index is 700. The molecule has 4 amide bonds. The molecule has 1 aliphatic carbocycles. The topological polar surface area (TPSA) is 69.7 Å². The molecule has 2 saturated heterocycles. The molecule has 1 aromatic rings. The molecule has 138 valence electrons. The van der Waals surface area contributed by atoms with E-state index in [4.69, 9.17) is 0 Å². The van der Waals surface area contributed by atoms with E-state index in [-0.39, 0.29) is 36.3 Å². The van der Waals surface area contributed by atoms with Crippen LogP contribution in [0.3, 0.4) is 0 Å². The van der Waals surface area contributed by atoms with Gasteiger partial charge in [-0.3, -0.25) is 14.5 Å². The van der Waals surface area contributed by atoms with Crippen molar-refractivity contribution in [2.24, 2.45) is 5.92 Å². The maximum atomic E-state index is 13.1. The van der Waals surface area contributed by atoms with Crippen molar-refractivity contribution in [3.63, 3.8) is 0 Å². The number of hydrogen-bond acceptors (Lipinski definition) is 3. The van der Waals surface area contributed by atoms with Gasteiger partial charge < -0.3 is 10.2 Å². The Kier molecular flexibility index (Phi) is 4.66. The van der Waals surface area contributed by atoms with Crippen molar-refractivity contribution in [2.45, 2.75) is 57.2 Å². The fourth-order valence-electron chi connectivity index (χ4n) is 4.49. The second kappa shape index (κ2) is 7.09. The summed E-state index contributed by atoms with van der Waals surface area (Å²) in [7, 11) is 0. The molecule has 2 atom stereocenters. The van der Waals surface area contributed by atoms with Gasteiger partial charge in [0.1, 0.15) is 6.04 Å². The number of carbonyl (C=O) groups is 3. The molecule has 0 unspecified atom stereocenters. The highest BCUT2D eigenvalue weighted by molar-refractivity contribution is 6.02. The molecule has 0 spiro atoms. The van der Waals surface area contributed by atoms with Crippen LogP contribution in [0, 0.1) is 5.92 Å². The lowest BCUT2D eigenvalue weighted by atomic mass is 9.88. The Hall–Kier alpha value is -2.37. The van der Waals surface area contributed by atoms with Crippen molar-refractivity contribution in [2.75, 3.05) is 6.54 Å². The van der Waals surface area contributed by atoms with Gasteiger partial charge in [0.25, 0.3) is 5.91 Å². The summed E-state index contributed by atoms with van der Waals surface area (Å²) in [6.07, 6.45) is 5.85. The summed E-state index contributed by atoms with van der Waals surface area (Å²) in [6, 6.07) is 8.31. The normalized spacial score (nSPS) is 26.6. The first-order chi connectivity index (χ1) is 12.6. The van der Waals surface area contributed by atoms with Gasteiger partial charge in [-0.05, 0) is 24.8 Å². The molecule has 3 fully saturated rings. The monoisotopic (exact) mass is 355 g/mol. The van der Waals surface area contributed by atoms with Gasteiger partial charge in [-0.25, -0.2) is 4.79 Å². The van der Waals surface area contributed by atoms with Crippen LogP contribution in [0.25, 0.3) is 0 Å². The Balaban J connectivity index is 1.52. The molecule has 1 N–H and O–H groups in total. The van der Waals surface area contributed by atoms with Gasteiger partial charge >= 0.3 is 6.03 Å². The van der Waals surface area contributed by atoms with E-state index in [0.29, 0.717) is 13.0 Å². The molecule has 26 heavy (non-hydrogen) atoms. The molecule has 3 aliphatic rings. The van der Waals surface area contributed by atoms with Crippen LogP contribution in [0.1, 0.15) is 44.1 Å². The van der Waals surface area contributed by atoms with E-state index in [1.807, 2.05) is 30.3 Å². The molecule has 0 bridgehead atoms. The molecule has 0 radical (unpaired) electrons. The second-order valence-corrected chi connectivity index (χ2v) is 7.57. The Labute approximate surface area is 153 Å². The van der Waals surface area contributed by atoms with E-state index in [1.165, 1.54) is 11.3 Å². The lowest BCUT2D eigenvalue weighted by Gasteiger charge is -2.38. The van der Waals surface area contributed by atoms with Crippen molar-refractivity contribution in [1.82, 2.24) is 15.1 Å². The van der Waals surface area contributed by atoms with Crippen LogP contribution in [0.15, 0.2) is 30.3 Å². The van der Waals surface area contributed by atoms with Gasteiger partial charge in [-0.1, -0.05) is 49.6 Å². The number of fused-ring (bicyclic) bond motifs is 1. The number of hydrogen-bond donors (Lipinski definition) is 1. The predicted octanol–water partition coefficient (Wildman–Crippen LogP) is 2.29. The number of nitrogens with zero attached hydrogens (tertiary/aromatic N) is 2. The lowest BCUT2D eigenvalue weighted by Crippen LogP contribution is -2.64. The Morgan fingerprint density at radius 1 is 1.04 bits per heavy atom. The zero-order chi connectivity index (χ0) is 18.1. The first-order valence-electron chi connectivity index (χ1n) is 9.61. The van der Waals surface area contributed by atoms with Gasteiger partial charge in [-0.2, -0.15) is 0 Å². The predicted molar refractivity (Wildman–Crippen MR) is 96.0 cm³/mol. The number of amides is 4. The van der Waals surface area contributed by atoms with Crippen LogP contribution in [-0.4, -0.2) is 46.3 Å². The van der Waals surface area contributed by atoms with Crippen molar-refractivity contribution in [3.05, 3.63) is 35.9 Å². The largest absolute Gasteiger partial charge is 0.332 e. The van der Waals surface area contributed by atoms with E-state index in [1.54, 1.807) is 4.90 Å². The highest BCUT2D eigenvalue weighted by Gasteiger charge is 2.50. The standard InChI is InChI=1S/C20H25N3O3/c24-18(15-9-5-2-6-10-15)22-12-11-16-17(22)19(25)23(20(26)21-16)13-14-7-3-1-4-8-14/h1,3-4,7-8,15-17H,2,5-6,9-13H2,(H,21,26)/t16-,17+/m1/s1. The SMILES string of the molecule is O=C1N[C@@H]2CCN(C(=O)C3CCCCC3)[C@@H]2C(=O)N1Cc1ccccc1. The fraction of sp³-hybridized carbons (Fsp3) is 0.550. The molecule has 6 nitrogen and oxygen atoms in total. The smallest absolute Gasteiger partial charge is 0.324 e. The average Bonchev–Trinajstić information content (AvgIpc) is 3.10. The van der Waals surface area contributed by atoms with E-state index in [9.17, 15) is 14.4 Å². The summed E-state index contributed by atoms with van der Waals surface area (Å²) in [5.74, 6) is -0.110. The quantitative estimate of drug-likeness (QED) is 0.904. The number of carbonyl (C=O) groups excluding carboxylic acids is 3. The summed E-state index contributed by atoms with van der Waals surface area (Å²) in [5.41, 5.74) is 0.901. The third-order valence-electron chi connectivity index (χ3n) is 5.89. The molecular formula is C20H25N3O3. The summed E-state index contributed by atoms with van der Waals surface area (Å²) < 4.78 is 0. The summed E-state index contributed by atoms with van der Waals surface area (Å²) >= 11 is 0. The van der Waals surface area contributed by atoms with Gasteiger partial charge in [0.05, 0.1) is 12.6 Å². The molecule has 2 heterocycles. The number of likely N-dealkylation sites (tertiary alicyclic amines) is 1. The van der Waals surface area contributed by atoms with Crippen LogP contribution in [0.4, 0.5) is 4.79 Å². The van der Waals surface area contributed by atoms with Crippen molar-refractivity contribution in [3.8, 4) is 0 Å². The summed E-state index contributed by atoms with van der Waals surface area (Å²) in [5, 5.41) is 2.94. The fourth-order valence-corrected chi connectivity index (χ4v) is 4.49. The second-order valence-electron chi connectivity index (χ2n) is 7.57. The first kappa shape index (κ1) is 17.1. The lowest BCUT2D eigenvalue weighted by molar-refractivity contribution is -0.147.